The van der Waals surface area contributed by atoms with Crippen molar-refractivity contribution in [3.8, 4) is 0 Å². The van der Waals surface area contributed by atoms with Gasteiger partial charge in [0.1, 0.15) is 0 Å². The number of rotatable bonds is 3. The van der Waals surface area contributed by atoms with E-state index < -0.39 is 11.9 Å². The summed E-state index contributed by atoms with van der Waals surface area (Å²) in [6.07, 6.45) is 0.430. The predicted octanol–water partition coefficient (Wildman–Crippen LogP) is 2.69. The van der Waals surface area contributed by atoms with Gasteiger partial charge in [-0.05, 0) is 25.0 Å². The molecule has 2 amide bonds. The Balaban J connectivity index is 2.30. The molecule has 1 aliphatic rings. The Morgan fingerprint density at radius 2 is 2.10 bits per heavy atom. The second-order valence-electron chi connectivity index (χ2n) is 5.49. The molecular weight excluding hydrogens is 268 g/mol. The monoisotopic (exact) mass is 288 g/mol. The zero-order valence-corrected chi connectivity index (χ0v) is 12.4. The molecule has 0 saturated heterocycles. The quantitative estimate of drug-likeness (QED) is 0.870. The van der Waals surface area contributed by atoms with Crippen LogP contribution in [-0.4, -0.2) is 42.1 Å². The maximum absolute atomic E-state index is 12.5. The van der Waals surface area contributed by atoms with Crippen molar-refractivity contribution in [2.24, 2.45) is 0 Å². The zero-order chi connectivity index (χ0) is 15.6. The first-order chi connectivity index (χ1) is 9.91. The van der Waals surface area contributed by atoms with Crippen molar-refractivity contribution in [1.82, 2.24) is 4.90 Å². The third-order valence-electron chi connectivity index (χ3n) is 3.61. The van der Waals surface area contributed by atoms with Gasteiger partial charge in [-0.15, -0.1) is 0 Å². The Morgan fingerprint density at radius 3 is 2.71 bits per heavy atom. The van der Waals surface area contributed by atoms with Gasteiger partial charge in [-0.2, -0.15) is 0 Å². The number of aliphatic carboxylic acids is 1. The van der Waals surface area contributed by atoms with Gasteiger partial charge in [0.05, 0.1) is 5.92 Å². The lowest BCUT2D eigenvalue weighted by Crippen LogP contribution is -2.45. The predicted molar refractivity (Wildman–Crippen MR) is 81.6 cm³/mol. The van der Waals surface area contributed by atoms with Gasteiger partial charge in [0, 0.05) is 25.8 Å². The highest BCUT2D eigenvalue weighted by Crippen LogP contribution is 2.35. The molecule has 0 fully saturated rings. The minimum atomic E-state index is -0.843. The Morgan fingerprint density at radius 1 is 1.43 bits per heavy atom. The van der Waals surface area contributed by atoms with E-state index in [0.29, 0.717) is 30.8 Å². The molecule has 21 heavy (non-hydrogen) atoms. The van der Waals surface area contributed by atoms with Gasteiger partial charge in [0.2, 0.25) is 0 Å². The van der Waals surface area contributed by atoms with Crippen LogP contribution in [0.5, 0.6) is 0 Å². The Hall–Kier alpha value is -2.30. The van der Waals surface area contributed by atoms with E-state index in [-0.39, 0.29) is 6.03 Å². The third-order valence-corrected chi connectivity index (χ3v) is 3.61. The summed E-state index contributed by atoms with van der Waals surface area (Å²) in [5, 5.41) is 9.31. The topological polar surface area (TPSA) is 60.9 Å². The summed E-state index contributed by atoms with van der Waals surface area (Å²) in [4.78, 5) is 27.1. The van der Waals surface area contributed by atoms with Crippen LogP contribution in [0.2, 0.25) is 0 Å². The number of carboxylic acid groups (broad SMARTS) is 1. The maximum atomic E-state index is 12.5. The summed E-state index contributed by atoms with van der Waals surface area (Å²) in [5.74, 6) is -1.39. The van der Waals surface area contributed by atoms with Crippen molar-refractivity contribution in [3.05, 3.63) is 42.0 Å². The van der Waals surface area contributed by atoms with Crippen molar-refractivity contribution in [2.75, 3.05) is 25.0 Å². The summed E-state index contributed by atoms with van der Waals surface area (Å²) in [6, 6.07) is 7.08. The van der Waals surface area contributed by atoms with E-state index in [1.165, 1.54) is 0 Å². The number of likely N-dealkylation sites (N-methyl/N-ethyl adjacent to an activating group) is 1. The molecule has 1 heterocycles. The Bertz CT molecular complexity index is 583. The average molecular weight is 288 g/mol. The fourth-order valence-corrected chi connectivity index (χ4v) is 2.70. The number of amides is 2. The fraction of sp³-hybridized carbons (Fsp3) is 0.375. The molecule has 0 saturated carbocycles. The number of anilines is 1. The van der Waals surface area contributed by atoms with Crippen molar-refractivity contribution in [1.29, 1.82) is 0 Å². The van der Waals surface area contributed by atoms with Crippen LogP contribution < -0.4 is 4.90 Å². The lowest BCUT2D eigenvalue weighted by atomic mass is 9.90. The van der Waals surface area contributed by atoms with Gasteiger partial charge in [-0.25, -0.2) is 4.79 Å². The lowest BCUT2D eigenvalue weighted by Gasteiger charge is -2.35. The molecule has 0 radical (unpaired) electrons. The first-order valence-corrected chi connectivity index (χ1v) is 6.90. The van der Waals surface area contributed by atoms with Gasteiger partial charge in [0.25, 0.3) is 0 Å². The number of carbonyl (C=O) groups is 2. The first-order valence-electron chi connectivity index (χ1n) is 6.90. The van der Waals surface area contributed by atoms with Crippen LogP contribution in [0.15, 0.2) is 36.4 Å². The van der Waals surface area contributed by atoms with Crippen LogP contribution in [0.1, 0.15) is 24.8 Å². The van der Waals surface area contributed by atoms with E-state index in [0.717, 1.165) is 5.57 Å². The average Bonchev–Trinajstić information content (AvgIpc) is 2.44. The highest BCUT2D eigenvalue weighted by Gasteiger charge is 2.33. The smallest absolute Gasteiger partial charge is 0.324 e. The molecule has 0 bridgehead atoms. The van der Waals surface area contributed by atoms with Crippen molar-refractivity contribution in [2.45, 2.75) is 19.3 Å². The van der Waals surface area contributed by atoms with Crippen molar-refractivity contribution >= 4 is 17.7 Å². The standard InChI is InChI=1S/C16H20N2O3/c1-11(2)10-17(3)16(21)18-9-8-13(15(19)20)12-6-4-5-7-14(12)18/h4-7,13H,1,8-10H2,2-3H3,(H,19,20). The minimum absolute atomic E-state index is 0.130. The third kappa shape index (κ3) is 3.07. The van der Waals surface area contributed by atoms with Crippen LogP contribution in [-0.2, 0) is 4.79 Å². The SMILES string of the molecule is C=C(C)CN(C)C(=O)N1CCC(C(=O)O)c2ccccc21. The number of para-hydroxylation sites is 1. The second-order valence-corrected chi connectivity index (χ2v) is 5.49. The molecule has 1 aromatic rings. The summed E-state index contributed by atoms with van der Waals surface area (Å²) in [5.41, 5.74) is 2.29. The molecular formula is C16H20N2O3. The molecule has 5 heteroatoms. The fourth-order valence-electron chi connectivity index (χ4n) is 2.70. The van der Waals surface area contributed by atoms with Crippen molar-refractivity contribution < 1.29 is 14.7 Å². The summed E-state index contributed by atoms with van der Waals surface area (Å²) in [6.45, 7) is 6.58. The van der Waals surface area contributed by atoms with E-state index in [1.54, 1.807) is 35.0 Å². The van der Waals surface area contributed by atoms with E-state index in [9.17, 15) is 14.7 Å². The van der Waals surface area contributed by atoms with Gasteiger partial charge < -0.3 is 10.0 Å². The van der Waals surface area contributed by atoms with Gasteiger partial charge in [0.15, 0.2) is 0 Å². The molecule has 5 nitrogen and oxygen atoms in total. The van der Waals surface area contributed by atoms with Crippen LogP contribution in [0.3, 0.4) is 0 Å². The molecule has 112 valence electrons. The number of hydrogen-bond acceptors (Lipinski definition) is 2. The number of benzene rings is 1. The van der Waals surface area contributed by atoms with Gasteiger partial charge >= 0.3 is 12.0 Å². The summed E-state index contributed by atoms with van der Waals surface area (Å²) < 4.78 is 0. The van der Waals surface area contributed by atoms with Crippen LogP contribution >= 0.6 is 0 Å². The van der Waals surface area contributed by atoms with Crippen LogP contribution in [0.25, 0.3) is 0 Å². The molecule has 0 aromatic heterocycles. The van der Waals surface area contributed by atoms with Crippen molar-refractivity contribution in [3.63, 3.8) is 0 Å². The second kappa shape index (κ2) is 5.99. The van der Waals surface area contributed by atoms with Gasteiger partial charge in [-0.3, -0.25) is 9.69 Å². The number of fused-ring (bicyclic) bond motifs is 1. The molecule has 0 spiro atoms. The highest BCUT2D eigenvalue weighted by atomic mass is 16.4. The zero-order valence-electron chi connectivity index (χ0n) is 12.4. The number of carboxylic acids is 1. The lowest BCUT2D eigenvalue weighted by molar-refractivity contribution is -0.139. The molecule has 1 unspecified atom stereocenters. The van der Waals surface area contributed by atoms with Crippen LogP contribution in [0, 0.1) is 0 Å². The van der Waals surface area contributed by atoms with Crippen LogP contribution in [0.4, 0.5) is 10.5 Å². The normalized spacial score (nSPS) is 17.0. The van der Waals surface area contributed by atoms with E-state index in [1.807, 2.05) is 13.0 Å². The highest BCUT2D eigenvalue weighted by molar-refractivity contribution is 5.95. The largest absolute Gasteiger partial charge is 0.481 e. The molecule has 2 rings (SSSR count). The molecule has 1 N–H and O–H groups in total. The number of urea groups is 1. The number of hydrogen-bond donors (Lipinski definition) is 1. The molecule has 1 atom stereocenters. The first kappa shape index (κ1) is 15.1. The maximum Gasteiger partial charge on any atom is 0.324 e. The minimum Gasteiger partial charge on any atom is -0.481 e. The Labute approximate surface area is 124 Å². The molecule has 1 aromatic carbocycles. The van der Waals surface area contributed by atoms with Gasteiger partial charge in [-0.1, -0.05) is 30.4 Å². The summed E-state index contributed by atoms with van der Waals surface area (Å²) in [7, 11) is 1.73. The molecule has 1 aliphatic heterocycles. The molecule has 0 aliphatic carbocycles. The van der Waals surface area contributed by atoms with E-state index in [2.05, 4.69) is 6.58 Å². The Kier molecular flexibility index (Phi) is 4.31. The van der Waals surface area contributed by atoms with E-state index >= 15 is 0 Å². The number of nitrogens with zero attached hydrogens (tertiary/aromatic N) is 2. The van der Waals surface area contributed by atoms with E-state index in [4.69, 9.17) is 0 Å². The number of carbonyl (C=O) groups excluding carboxylic acids is 1. The summed E-state index contributed by atoms with van der Waals surface area (Å²) >= 11 is 0.